The summed E-state index contributed by atoms with van der Waals surface area (Å²) in [5, 5.41) is 13.7. The first-order valence-electron chi connectivity index (χ1n) is 8.51. The lowest BCUT2D eigenvalue weighted by molar-refractivity contribution is 0.0698. The molecule has 0 saturated carbocycles. The Balaban J connectivity index is 1.98. The minimum atomic E-state index is -1.07. The number of ether oxygens (including phenoxy) is 2. The number of fused-ring (bicyclic) bond motifs is 1. The Morgan fingerprint density at radius 2 is 1.46 bits per heavy atom. The fourth-order valence-corrected chi connectivity index (χ4v) is 3.09. The fraction of sp³-hybridized carbons (Fsp3) is 0.0952. The minimum absolute atomic E-state index is 0.0519. The van der Waals surface area contributed by atoms with Crippen LogP contribution in [0.25, 0.3) is 28.0 Å². The van der Waals surface area contributed by atoms with Gasteiger partial charge in [0, 0.05) is 17.3 Å². The van der Waals surface area contributed by atoms with Gasteiger partial charge >= 0.3 is 5.97 Å². The summed E-state index contributed by atoms with van der Waals surface area (Å²) in [6.07, 6.45) is 2.99. The summed E-state index contributed by atoms with van der Waals surface area (Å²) in [7, 11) is 3.22. The van der Waals surface area contributed by atoms with Crippen LogP contribution in [0.1, 0.15) is 10.4 Å². The first-order valence-corrected chi connectivity index (χ1v) is 8.51. The third kappa shape index (κ3) is 2.92. The number of aromatic nitrogens is 3. The van der Waals surface area contributed by atoms with Crippen molar-refractivity contribution < 1.29 is 19.4 Å². The van der Waals surface area contributed by atoms with Crippen LogP contribution in [0.4, 0.5) is 0 Å². The second kappa shape index (κ2) is 7.03. The normalized spacial score (nSPS) is 10.8. The van der Waals surface area contributed by atoms with E-state index in [-0.39, 0.29) is 11.2 Å². The van der Waals surface area contributed by atoms with Gasteiger partial charge in [0.1, 0.15) is 17.1 Å². The lowest BCUT2D eigenvalue weighted by Gasteiger charge is -2.13. The Hall–Kier alpha value is -3.87. The van der Waals surface area contributed by atoms with Gasteiger partial charge in [-0.05, 0) is 42.0 Å². The molecule has 1 N–H and O–H groups in total. The van der Waals surface area contributed by atoms with Gasteiger partial charge in [-0.25, -0.2) is 14.3 Å². The largest absolute Gasteiger partial charge is 0.497 e. The molecule has 7 nitrogen and oxygen atoms in total. The molecule has 0 bridgehead atoms. The van der Waals surface area contributed by atoms with Gasteiger partial charge in [-0.3, -0.25) is 0 Å². The Morgan fingerprint density at radius 3 is 2.00 bits per heavy atom. The molecule has 4 rings (SSSR count). The molecule has 2 heterocycles. The zero-order chi connectivity index (χ0) is 19.7. The van der Waals surface area contributed by atoms with Crippen LogP contribution in [0.15, 0.2) is 60.9 Å². The number of aromatic carboxylic acids is 1. The van der Waals surface area contributed by atoms with E-state index in [0.29, 0.717) is 0 Å². The van der Waals surface area contributed by atoms with E-state index in [9.17, 15) is 9.90 Å². The minimum Gasteiger partial charge on any atom is -0.497 e. The molecule has 0 atom stereocenters. The van der Waals surface area contributed by atoms with Crippen LogP contribution in [0.2, 0.25) is 0 Å². The van der Waals surface area contributed by atoms with Gasteiger partial charge in [0.15, 0.2) is 5.65 Å². The van der Waals surface area contributed by atoms with Crippen molar-refractivity contribution >= 4 is 11.6 Å². The number of nitrogens with zero attached hydrogens (tertiary/aromatic N) is 3. The highest BCUT2D eigenvalue weighted by Crippen LogP contribution is 2.34. The summed E-state index contributed by atoms with van der Waals surface area (Å²) in [4.78, 5) is 15.9. The molecule has 0 saturated heterocycles. The highest BCUT2D eigenvalue weighted by molar-refractivity contribution is 5.95. The maximum atomic E-state index is 11.5. The molecule has 0 fully saturated rings. The number of carbonyl (C=O) groups is 1. The average Bonchev–Trinajstić information content (AvgIpc) is 3.18. The van der Waals surface area contributed by atoms with Gasteiger partial charge in [0.25, 0.3) is 0 Å². The first-order chi connectivity index (χ1) is 13.6. The number of carboxylic acids is 1. The number of benzene rings is 2. The van der Waals surface area contributed by atoms with E-state index < -0.39 is 5.97 Å². The molecule has 140 valence electrons. The summed E-state index contributed by atoms with van der Waals surface area (Å²) in [5.74, 6) is 0.406. The zero-order valence-electron chi connectivity index (χ0n) is 15.3. The smallest absolute Gasteiger partial charge is 0.341 e. The second-order valence-corrected chi connectivity index (χ2v) is 6.08. The molecular formula is C21H17N3O4. The molecule has 0 aliphatic heterocycles. The molecule has 0 radical (unpaired) electrons. The SMILES string of the molecule is COc1ccc(-c2cnc3c(C(=O)O)cnn3c2-c2ccc(OC)cc2)cc1. The van der Waals surface area contributed by atoms with E-state index in [0.717, 1.165) is 33.9 Å². The standard InChI is InChI=1S/C21H17N3O4/c1-27-15-7-3-13(4-8-15)17-11-22-20-18(21(25)26)12-23-24(20)19(17)14-5-9-16(28-2)10-6-14/h3-12H,1-2H3,(H,25,26). The van der Waals surface area contributed by atoms with Crippen molar-refractivity contribution in [3.63, 3.8) is 0 Å². The van der Waals surface area contributed by atoms with Gasteiger partial charge in [-0.1, -0.05) is 12.1 Å². The summed E-state index contributed by atoms with van der Waals surface area (Å²) in [5.41, 5.74) is 3.67. The number of hydrogen-bond donors (Lipinski definition) is 1. The van der Waals surface area contributed by atoms with Gasteiger partial charge in [0.05, 0.1) is 26.1 Å². The highest BCUT2D eigenvalue weighted by Gasteiger charge is 2.19. The Kier molecular flexibility index (Phi) is 4.41. The van der Waals surface area contributed by atoms with Crippen LogP contribution in [-0.4, -0.2) is 39.9 Å². The van der Waals surface area contributed by atoms with Gasteiger partial charge in [-0.2, -0.15) is 5.10 Å². The molecule has 28 heavy (non-hydrogen) atoms. The predicted molar refractivity (Wildman–Crippen MR) is 104 cm³/mol. The number of hydrogen-bond acceptors (Lipinski definition) is 5. The fourth-order valence-electron chi connectivity index (χ4n) is 3.09. The lowest BCUT2D eigenvalue weighted by Crippen LogP contribution is -2.02. The molecule has 4 aromatic rings. The summed E-state index contributed by atoms with van der Waals surface area (Å²) in [6.45, 7) is 0. The van der Waals surface area contributed by atoms with E-state index >= 15 is 0 Å². The molecular weight excluding hydrogens is 358 g/mol. The molecule has 7 heteroatoms. The van der Waals surface area contributed by atoms with E-state index in [1.54, 1.807) is 24.9 Å². The van der Waals surface area contributed by atoms with Gasteiger partial charge in [-0.15, -0.1) is 0 Å². The van der Waals surface area contributed by atoms with Crippen molar-refractivity contribution in [2.75, 3.05) is 14.2 Å². The van der Waals surface area contributed by atoms with Crippen LogP contribution >= 0.6 is 0 Å². The number of methoxy groups -OCH3 is 2. The van der Waals surface area contributed by atoms with Crippen LogP contribution in [0.5, 0.6) is 11.5 Å². The van der Waals surface area contributed by atoms with Crippen molar-refractivity contribution in [1.82, 2.24) is 14.6 Å². The third-order valence-corrected chi connectivity index (χ3v) is 4.52. The molecule has 0 amide bonds. The Labute approximate surface area is 160 Å². The summed E-state index contributed by atoms with van der Waals surface area (Å²) >= 11 is 0. The molecule has 0 aliphatic carbocycles. The van der Waals surface area contributed by atoms with E-state index in [4.69, 9.17) is 9.47 Å². The third-order valence-electron chi connectivity index (χ3n) is 4.52. The van der Waals surface area contributed by atoms with Crippen LogP contribution in [0, 0.1) is 0 Å². The van der Waals surface area contributed by atoms with E-state index in [1.807, 2.05) is 48.5 Å². The molecule has 0 spiro atoms. The summed E-state index contributed by atoms with van der Waals surface area (Å²) in [6, 6.07) is 15.1. The second-order valence-electron chi connectivity index (χ2n) is 6.08. The maximum absolute atomic E-state index is 11.5. The number of rotatable bonds is 5. The molecule has 2 aromatic carbocycles. The van der Waals surface area contributed by atoms with Crippen molar-refractivity contribution in [2.45, 2.75) is 0 Å². The van der Waals surface area contributed by atoms with Crippen molar-refractivity contribution in [1.29, 1.82) is 0 Å². The molecule has 2 aromatic heterocycles. The van der Waals surface area contributed by atoms with Crippen LogP contribution in [0.3, 0.4) is 0 Å². The molecule has 0 aliphatic rings. The number of carboxylic acid groups (broad SMARTS) is 1. The van der Waals surface area contributed by atoms with Crippen LogP contribution in [-0.2, 0) is 0 Å². The van der Waals surface area contributed by atoms with Crippen molar-refractivity contribution in [3.8, 4) is 33.9 Å². The lowest BCUT2D eigenvalue weighted by atomic mass is 10.0. The first kappa shape index (κ1) is 17.5. The topological polar surface area (TPSA) is 86.0 Å². The summed E-state index contributed by atoms with van der Waals surface area (Å²) < 4.78 is 12.0. The Morgan fingerprint density at radius 1 is 0.893 bits per heavy atom. The zero-order valence-corrected chi connectivity index (χ0v) is 15.3. The van der Waals surface area contributed by atoms with Gasteiger partial charge in [0.2, 0.25) is 0 Å². The highest BCUT2D eigenvalue weighted by atomic mass is 16.5. The monoisotopic (exact) mass is 375 g/mol. The molecule has 0 unspecified atom stereocenters. The van der Waals surface area contributed by atoms with Crippen molar-refractivity contribution in [3.05, 3.63) is 66.5 Å². The van der Waals surface area contributed by atoms with E-state index in [1.165, 1.54) is 6.20 Å². The Bertz CT molecular complexity index is 1150. The van der Waals surface area contributed by atoms with Crippen molar-refractivity contribution in [2.24, 2.45) is 0 Å². The maximum Gasteiger partial charge on any atom is 0.341 e. The van der Waals surface area contributed by atoms with E-state index in [2.05, 4.69) is 10.1 Å². The van der Waals surface area contributed by atoms with Crippen LogP contribution < -0.4 is 9.47 Å². The average molecular weight is 375 g/mol. The quantitative estimate of drug-likeness (QED) is 0.571. The predicted octanol–water partition coefficient (Wildman–Crippen LogP) is 3.78. The van der Waals surface area contributed by atoms with Gasteiger partial charge < -0.3 is 14.6 Å².